The molecule has 23 heavy (non-hydrogen) atoms. The maximum Gasteiger partial charge on any atom is 0.317 e. The van der Waals surface area contributed by atoms with E-state index in [0.29, 0.717) is 31.1 Å². The molecule has 1 aromatic heterocycles. The molecule has 0 spiro atoms. The van der Waals surface area contributed by atoms with Gasteiger partial charge in [0.2, 0.25) is 5.13 Å². The average molecular weight is 335 g/mol. The summed E-state index contributed by atoms with van der Waals surface area (Å²) in [4.78, 5) is 13.5. The van der Waals surface area contributed by atoms with Crippen molar-refractivity contribution in [2.45, 2.75) is 18.9 Å². The maximum absolute atomic E-state index is 12.0. The van der Waals surface area contributed by atoms with Gasteiger partial charge in [-0.3, -0.25) is 0 Å². The largest absolute Gasteiger partial charge is 0.388 e. The topological polar surface area (TPSA) is 104 Å². The third-order valence-electron chi connectivity index (χ3n) is 3.37. The predicted octanol–water partition coefficient (Wildman–Crippen LogP) is 1.43. The molecular weight excluding hydrogens is 314 g/mol. The summed E-state index contributed by atoms with van der Waals surface area (Å²) in [5.74, 6) is 0. The molecule has 0 aliphatic carbocycles. The Morgan fingerprint density at radius 3 is 2.78 bits per heavy atom. The number of benzene rings is 1. The number of nitrogens with one attached hydrogen (secondary N) is 1. The Morgan fingerprint density at radius 2 is 2.13 bits per heavy atom. The van der Waals surface area contributed by atoms with Gasteiger partial charge in [-0.2, -0.15) is 0 Å². The lowest BCUT2D eigenvalue weighted by Gasteiger charge is -2.19. The van der Waals surface area contributed by atoms with Crippen LogP contribution in [-0.2, 0) is 6.42 Å². The van der Waals surface area contributed by atoms with Crippen LogP contribution in [0.15, 0.2) is 30.3 Å². The van der Waals surface area contributed by atoms with Gasteiger partial charge in [0.1, 0.15) is 5.01 Å². The number of aliphatic hydroxyl groups is 1. The fourth-order valence-electron chi connectivity index (χ4n) is 2.04. The molecule has 1 unspecified atom stereocenters. The fourth-order valence-corrected chi connectivity index (χ4v) is 2.65. The molecule has 0 saturated carbocycles. The fraction of sp³-hybridized carbons (Fsp3) is 0.400. The number of carbonyl (C=O) groups is 1. The van der Waals surface area contributed by atoms with Crippen molar-refractivity contribution in [2.24, 2.45) is 0 Å². The number of rotatable bonds is 7. The molecule has 2 aromatic rings. The van der Waals surface area contributed by atoms with Gasteiger partial charge in [0.15, 0.2) is 0 Å². The van der Waals surface area contributed by atoms with Crippen molar-refractivity contribution in [3.05, 3.63) is 40.9 Å². The van der Waals surface area contributed by atoms with Crippen molar-refractivity contribution in [3.63, 3.8) is 0 Å². The summed E-state index contributed by atoms with van der Waals surface area (Å²) < 4.78 is 0. The molecule has 0 radical (unpaired) electrons. The molecule has 1 heterocycles. The van der Waals surface area contributed by atoms with E-state index < -0.39 is 6.10 Å². The molecule has 0 aliphatic heterocycles. The summed E-state index contributed by atoms with van der Waals surface area (Å²) in [6, 6.07) is 9.24. The van der Waals surface area contributed by atoms with Crippen molar-refractivity contribution in [1.82, 2.24) is 20.4 Å². The summed E-state index contributed by atoms with van der Waals surface area (Å²) in [6.45, 7) is 0.937. The molecular formula is C15H21N5O2S. The molecule has 0 bridgehead atoms. The van der Waals surface area contributed by atoms with Gasteiger partial charge in [0, 0.05) is 26.6 Å². The van der Waals surface area contributed by atoms with Crippen LogP contribution in [0, 0.1) is 0 Å². The molecule has 2 rings (SSSR count). The van der Waals surface area contributed by atoms with E-state index in [4.69, 9.17) is 5.73 Å². The minimum atomic E-state index is -0.573. The van der Waals surface area contributed by atoms with Crippen LogP contribution in [0.1, 0.15) is 23.1 Å². The molecule has 4 N–H and O–H groups in total. The maximum atomic E-state index is 12.0. The standard InChI is InChI=1S/C15H21N5O2S/c1-20(10-8-12(21)11-5-3-2-4-6-11)15(22)17-9-7-13-18-19-14(16)23-13/h2-6,12,21H,7-10H2,1H3,(H2,16,19)(H,17,22). The molecule has 0 aliphatic rings. The van der Waals surface area contributed by atoms with Gasteiger partial charge in [0.25, 0.3) is 0 Å². The normalized spacial score (nSPS) is 11.9. The van der Waals surface area contributed by atoms with E-state index in [1.54, 1.807) is 11.9 Å². The second kappa shape index (κ2) is 8.44. The Morgan fingerprint density at radius 1 is 1.39 bits per heavy atom. The summed E-state index contributed by atoms with van der Waals surface area (Å²) >= 11 is 1.32. The van der Waals surface area contributed by atoms with Crippen LogP contribution in [-0.4, -0.2) is 46.4 Å². The summed E-state index contributed by atoms with van der Waals surface area (Å²) in [6.07, 6.45) is 0.512. The third kappa shape index (κ3) is 5.50. The van der Waals surface area contributed by atoms with Crippen molar-refractivity contribution in [1.29, 1.82) is 0 Å². The molecule has 2 amide bonds. The predicted molar refractivity (Wildman–Crippen MR) is 90.1 cm³/mol. The lowest BCUT2D eigenvalue weighted by molar-refractivity contribution is 0.150. The highest BCUT2D eigenvalue weighted by Gasteiger charge is 2.12. The van der Waals surface area contributed by atoms with E-state index in [2.05, 4.69) is 15.5 Å². The highest BCUT2D eigenvalue weighted by Crippen LogP contribution is 2.16. The van der Waals surface area contributed by atoms with Crippen LogP contribution in [0.4, 0.5) is 9.93 Å². The smallest absolute Gasteiger partial charge is 0.317 e. The number of aliphatic hydroxyl groups excluding tert-OH is 1. The molecule has 8 heteroatoms. The second-order valence-electron chi connectivity index (χ2n) is 5.15. The Kier molecular flexibility index (Phi) is 6.30. The van der Waals surface area contributed by atoms with Gasteiger partial charge in [0.05, 0.1) is 6.10 Å². The number of hydrogen-bond donors (Lipinski definition) is 3. The van der Waals surface area contributed by atoms with Crippen LogP contribution in [0.5, 0.6) is 0 Å². The van der Waals surface area contributed by atoms with E-state index in [9.17, 15) is 9.90 Å². The second-order valence-corrected chi connectivity index (χ2v) is 6.25. The van der Waals surface area contributed by atoms with E-state index in [1.165, 1.54) is 11.3 Å². The van der Waals surface area contributed by atoms with Gasteiger partial charge in [-0.15, -0.1) is 10.2 Å². The van der Waals surface area contributed by atoms with E-state index in [1.807, 2.05) is 30.3 Å². The SMILES string of the molecule is CN(CCC(O)c1ccccc1)C(=O)NCCc1nnc(N)s1. The van der Waals surface area contributed by atoms with E-state index >= 15 is 0 Å². The number of hydrogen-bond acceptors (Lipinski definition) is 6. The number of nitrogens with two attached hydrogens (primary N) is 1. The lowest BCUT2D eigenvalue weighted by atomic mass is 10.1. The first-order chi connectivity index (χ1) is 11.1. The first kappa shape index (κ1) is 17.2. The Hall–Kier alpha value is -2.19. The van der Waals surface area contributed by atoms with Gasteiger partial charge in [-0.05, 0) is 12.0 Å². The molecule has 7 nitrogen and oxygen atoms in total. The zero-order chi connectivity index (χ0) is 16.7. The summed E-state index contributed by atoms with van der Waals surface area (Å²) in [5, 5.41) is 21.7. The Bertz CT molecular complexity index is 619. The monoisotopic (exact) mass is 335 g/mol. The first-order valence-electron chi connectivity index (χ1n) is 7.36. The third-order valence-corrected chi connectivity index (χ3v) is 4.18. The minimum Gasteiger partial charge on any atom is -0.388 e. The van der Waals surface area contributed by atoms with Gasteiger partial charge in [-0.25, -0.2) is 4.79 Å². The van der Waals surface area contributed by atoms with Gasteiger partial charge >= 0.3 is 6.03 Å². The summed E-state index contributed by atoms with van der Waals surface area (Å²) in [5.41, 5.74) is 6.36. The van der Waals surface area contributed by atoms with Crippen molar-refractivity contribution in [2.75, 3.05) is 25.9 Å². The Balaban J connectivity index is 1.68. The van der Waals surface area contributed by atoms with E-state index in [0.717, 1.165) is 10.6 Å². The van der Waals surface area contributed by atoms with Crippen LogP contribution in [0.25, 0.3) is 0 Å². The number of carbonyl (C=O) groups excluding carboxylic acids is 1. The highest BCUT2D eigenvalue weighted by molar-refractivity contribution is 7.15. The van der Waals surface area contributed by atoms with Crippen molar-refractivity contribution < 1.29 is 9.90 Å². The van der Waals surface area contributed by atoms with Crippen molar-refractivity contribution >= 4 is 22.5 Å². The lowest BCUT2D eigenvalue weighted by Crippen LogP contribution is -2.39. The highest BCUT2D eigenvalue weighted by atomic mass is 32.1. The number of amides is 2. The summed E-state index contributed by atoms with van der Waals surface area (Å²) in [7, 11) is 1.70. The van der Waals surface area contributed by atoms with Gasteiger partial charge in [-0.1, -0.05) is 41.7 Å². The van der Waals surface area contributed by atoms with Gasteiger partial charge < -0.3 is 21.1 Å². The quantitative estimate of drug-likeness (QED) is 0.710. The van der Waals surface area contributed by atoms with Crippen LogP contribution in [0.3, 0.4) is 0 Å². The number of urea groups is 1. The Labute approximate surface area is 139 Å². The molecule has 0 fully saturated rings. The number of anilines is 1. The minimum absolute atomic E-state index is 0.178. The number of aromatic nitrogens is 2. The molecule has 0 saturated heterocycles. The zero-order valence-electron chi connectivity index (χ0n) is 13.0. The first-order valence-corrected chi connectivity index (χ1v) is 8.17. The number of nitrogens with zero attached hydrogens (tertiary/aromatic N) is 3. The van der Waals surface area contributed by atoms with Crippen molar-refractivity contribution in [3.8, 4) is 0 Å². The van der Waals surface area contributed by atoms with E-state index in [-0.39, 0.29) is 6.03 Å². The van der Waals surface area contributed by atoms with Crippen LogP contribution in [0.2, 0.25) is 0 Å². The zero-order valence-corrected chi connectivity index (χ0v) is 13.8. The number of nitrogen functional groups attached to an aromatic ring is 1. The average Bonchev–Trinajstić information content (AvgIpc) is 2.98. The van der Waals surface area contributed by atoms with Crippen LogP contribution < -0.4 is 11.1 Å². The molecule has 1 aromatic carbocycles. The molecule has 1 atom stereocenters. The van der Waals surface area contributed by atoms with Crippen LogP contribution >= 0.6 is 11.3 Å². The molecule has 124 valence electrons.